The third kappa shape index (κ3) is 46.3. The van der Waals surface area contributed by atoms with E-state index >= 15 is 0 Å². The molecule has 0 aliphatic rings. The van der Waals surface area contributed by atoms with Crippen molar-refractivity contribution in [1.82, 2.24) is 5.32 Å². The summed E-state index contributed by atoms with van der Waals surface area (Å²) in [5.74, 6) is -0.122. The molecular formula is C39H78N2O6. The second-order valence-electron chi connectivity index (χ2n) is 13.2. The summed E-state index contributed by atoms with van der Waals surface area (Å²) >= 11 is 0. The van der Waals surface area contributed by atoms with Crippen molar-refractivity contribution < 1.29 is 29.0 Å². The number of hydrogen-bond donors (Lipinski definition) is 3. The third-order valence-corrected chi connectivity index (χ3v) is 8.44. The lowest BCUT2D eigenvalue weighted by Gasteiger charge is -2.05. The molecular weight excluding hydrogens is 592 g/mol. The van der Waals surface area contributed by atoms with Crippen LogP contribution >= 0.6 is 0 Å². The van der Waals surface area contributed by atoms with E-state index in [-0.39, 0.29) is 11.9 Å². The van der Waals surface area contributed by atoms with Crippen molar-refractivity contribution in [3.63, 3.8) is 0 Å². The molecule has 0 aliphatic heterocycles. The fourth-order valence-corrected chi connectivity index (χ4v) is 5.41. The van der Waals surface area contributed by atoms with E-state index in [1.54, 1.807) is 0 Å². The minimum absolute atomic E-state index is 0.0244. The third-order valence-electron chi connectivity index (χ3n) is 8.44. The summed E-state index contributed by atoms with van der Waals surface area (Å²) in [5, 5.41) is 10.8. The first-order valence-electron chi connectivity index (χ1n) is 20.0. The number of nitrogens with two attached hydrogens (primary N) is 1. The highest BCUT2D eigenvalue weighted by molar-refractivity contribution is 5.69. The number of carbonyl (C=O) groups is 3. The van der Waals surface area contributed by atoms with E-state index < -0.39 is 6.09 Å². The second kappa shape index (κ2) is 42.2. The minimum Gasteiger partial charge on any atom is -0.466 e. The number of amides is 1. The van der Waals surface area contributed by atoms with E-state index in [0.717, 1.165) is 77.2 Å². The topological polar surface area (TPSA) is 128 Å². The van der Waals surface area contributed by atoms with Crippen LogP contribution < -0.4 is 11.1 Å². The van der Waals surface area contributed by atoms with Gasteiger partial charge >= 0.3 is 18.0 Å². The molecule has 0 aromatic rings. The Hall–Kier alpha value is -1.83. The Morgan fingerprint density at radius 2 is 0.787 bits per heavy atom. The molecule has 0 radical (unpaired) electrons. The van der Waals surface area contributed by atoms with Gasteiger partial charge in [-0.05, 0) is 45.1 Å². The van der Waals surface area contributed by atoms with Gasteiger partial charge in [-0.2, -0.15) is 0 Å². The highest BCUT2D eigenvalue weighted by Gasteiger charge is 2.04. The van der Waals surface area contributed by atoms with Crippen molar-refractivity contribution in [3.05, 3.63) is 0 Å². The summed E-state index contributed by atoms with van der Waals surface area (Å²) in [6.45, 7) is 6.90. The molecule has 0 bridgehead atoms. The summed E-state index contributed by atoms with van der Waals surface area (Å²) in [7, 11) is 0. The maximum atomic E-state index is 11.6. The summed E-state index contributed by atoms with van der Waals surface area (Å²) < 4.78 is 10.5. The lowest BCUT2D eigenvalue weighted by atomic mass is 10.1. The number of carbonyl (C=O) groups excluding carboxylic acids is 2. The molecule has 0 atom stereocenters. The van der Waals surface area contributed by atoms with Gasteiger partial charge in [-0.25, -0.2) is 4.79 Å². The summed E-state index contributed by atoms with van der Waals surface area (Å²) in [6, 6.07) is 0. The van der Waals surface area contributed by atoms with Crippen LogP contribution in [0.15, 0.2) is 0 Å². The predicted octanol–water partition coefficient (Wildman–Crippen LogP) is 11.0. The van der Waals surface area contributed by atoms with Crippen LogP contribution in [0.2, 0.25) is 0 Å². The van der Waals surface area contributed by atoms with E-state index in [0.29, 0.717) is 32.6 Å². The molecule has 0 aromatic carbocycles. The van der Waals surface area contributed by atoms with E-state index in [9.17, 15) is 14.4 Å². The van der Waals surface area contributed by atoms with E-state index in [1.165, 1.54) is 109 Å². The fraction of sp³-hybridized carbons (Fsp3) is 0.923. The van der Waals surface area contributed by atoms with Crippen LogP contribution in [0.4, 0.5) is 4.79 Å². The average molecular weight is 671 g/mol. The van der Waals surface area contributed by atoms with Crippen molar-refractivity contribution in [3.8, 4) is 0 Å². The number of carboxylic acid groups (broad SMARTS) is 1. The normalized spacial score (nSPS) is 10.7. The standard InChI is InChI=1S/C20H39NO4.C19H39NO2/c1-2-3-4-5-6-7-8-9-12-15-18-25-19(22)16-13-10-11-14-17-21-20(23)24;1-2-3-4-5-6-7-8-9-12-15-18-22-19(21)16-13-10-11-14-17-20/h21H,2-18H2,1H3,(H,23,24);2-18,20H2,1H3. The smallest absolute Gasteiger partial charge is 0.404 e. The average Bonchev–Trinajstić information content (AvgIpc) is 3.05. The van der Waals surface area contributed by atoms with Gasteiger partial charge in [-0.15, -0.1) is 0 Å². The maximum Gasteiger partial charge on any atom is 0.404 e. The predicted molar refractivity (Wildman–Crippen MR) is 197 cm³/mol. The number of rotatable bonds is 35. The number of nitrogens with one attached hydrogen (secondary N) is 1. The first kappa shape index (κ1) is 47.3. The number of ether oxygens (including phenoxy) is 2. The highest BCUT2D eigenvalue weighted by atomic mass is 16.5. The Balaban J connectivity index is 0. The van der Waals surface area contributed by atoms with Crippen LogP contribution in [0.5, 0.6) is 0 Å². The molecule has 0 aliphatic carbocycles. The molecule has 4 N–H and O–H groups in total. The van der Waals surface area contributed by atoms with Gasteiger partial charge in [-0.1, -0.05) is 155 Å². The Bertz CT molecular complexity index is 661. The van der Waals surface area contributed by atoms with Crippen LogP contribution in [0.1, 0.15) is 206 Å². The first-order chi connectivity index (χ1) is 23.0. The molecule has 0 fully saturated rings. The highest BCUT2D eigenvalue weighted by Crippen LogP contribution is 2.12. The van der Waals surface area contributed by atoms with Gasteiger partial charge in [0.05, 0.1) is 13.2 Å². The molecule has 0 aromatic heterocycles. The Morgan fingerprint density at radius 3 is 1.15 bits per heavy atom. The molecule has 8 heteroatoms. The molecule has 47 heavy (non-hydrogen) atoms. The van der Waals surface area contributed by atoms with Gasteiger partial charge in [-0.3, -0.25) is 9.59 Å². The second-order valence-corrected chi connectivity index (χ2v) is 13.2. The lowest BCUT2D eigenvalue weighted by molar-refractivity contribution is -0.144. The molecule has 0 saturated carbocycles. The van der Waals surface area contributed by atoms with Crippen molar-refractivity contribution in [2.45, 2.75) is 206 Å². The molecule has 0 spiro atoms. The van der Waals surface area contributed by atoms with Gasteiger partial charge < -0.3 is 25.6 Å². The Morgan fingerprint density at radius 1 is 0.468 bits per heavy atom. The van der Waals surface area contributed by atoms with Gasteiger partial charge in [0.1, 0.15) is 0 Å². The SMILES string of the molecule is CCCCCCCCCCCCOC(=O)CCCCCCN.CCCCCCCCCCCCOC(=O)CCCCCCNC(=O)O. The minimum atomic E-state index is -0.976. The van der Waals surface area contributed by atoms with Crippen LogP contribution in [-0.4, -0.2) is 49.4 Å². The van der Waals surface area contributed by atoms with E-state index in [4.69, 9.17) is 20.3 Å². The molecule has 1 amide bonds. The van der Waals surface area contributed by atoms with Crippen molar-refractivity contribution in [2.75, 3.05) is 26.3 Å². The van der Waals surface area contributed by atoms with E-state index in [1.807, 2.05) is 0 Å². The number of unbranched alkanes of at least 4 members (excludes halogenated alkanes) is 24. The zero-order valence-corrected chi connectivity index (χ0v) is 31.1. The van der Waals surface area contributed by atoms with Crippen molar-refractivity contribution >= 4 is 18.0 Å². The van der Waals surface area contributed by atoms with Crippen LogP contribution in [0, 0.1) is 0 Å². The zero-order chi connectivity index (χ0) is 34.9. The first-order valence-corrected chi connectivity index (χ1v) is 20.0. The quantitative estimate of drug-likeness (QED) is 0.0452. The van der Waals surface area contributed by atoms with Crippen LogP contribution in [0.25, 0.3) is 0 Å². The number of esters is 2. The molecule has 0 heterocycles. The van der Waals surface area contributed by atoms with Crippen LogP contribution in [0.3, 0.4) is 0 Å². The maximum absolute atomic E-state index is 11.6. The van der Waals surface area contributed by atoms with Crippen molar-refractivity contribution in [1.29, 1.82) is 0 Å². The molecule has 0 rings (SSSR count). The molecule has 280 valence electrons. The molecule has 0 unspecified atom stereocenters. The molecule has 8 nitrogen and oxygen atoms in total. The lowest BCUT2D eigenvalue weighted by Crippen LogP contribution is -2.21. The van der Waals surface area contributed by atoms with Gasteiger partial charge in [0.25, 0.3) is 0 Å². The summed E-state index contributed by atoms with van der Waals surface area (Å²) in [6.07, 6.45) is 33.7. The summed E-state index contributed by atoms with van der Waals surface area (Å²) in [5.41, 5.74) is 5.43. The monoisotopic (exact) mass is 671 g/mol. The van der Waals surface area contributed by atoms with Crippen molar-refractivity contribution in [2.24, 2.45) is 5.73 Å². The van der Waals surface area contributed by atoms with E-state index in [2.05, 4.69) is 19.2 Å². The molecule has 0 saturated heterocycles. The van der Waals surface area contributed by atoms with Gasteiger partial charge in [0, 0.05) is 19.4 Å². The van der Waals surface area contributed by atoms with Gasteiger partial charge in [0.15, 0.2) is 0 Å². The van der Waals surface area contributed by atoms with Crippen LogP contribution in [-0.2, 0) is 19.1 Å². The van der Waals surface area contributed by atoms with Gasteiger partial charge in [0.2, 0.25) is 0 Å². The number of hydrogen-bond acceptors (Lipinski definition) is 6. The summed E-state index contributed by atoms with van der Waals surface area (Å²) in [4.78, 5) is 33.3. The Kier molecular flexibility index (Phi) is 42.5. The zero-order valence-electron chi connectivity index (χ0n) is 31.1. The fourth-order valence-electron chi connectivity index (χ4n) is 5.41. The largest absolute Gasteiger partial charge is 0.466 e. The Labute approximate surface area is 290 Å².